The van der Waals surface area contributed by atoms with Crippen LogP contribution < -0.4 is 0 Å². The Morgan fingerprint density at radius 1 is 1.05 bits per heavy atom. The van der Waals surface area contributed by atoms with E-state index in [1.54, 1.807) is 18.2 Å². The fourth-order valence-electron chi connectivity index (χ4n) is 2.40. The first-order valence-electron chi connectivity index (χ1n) is 5.89. The molecule has 0 radical (unpaired) electrons. The molecule has 1 aromatic heterocycles. The van der Waals surface area contributed by atoms with Crippen LogP contribution in [0, 0.1) is 0 Å². The number of halogens is 1. The normalized spacial score (nSPS) is 17.2. The van der Waals surface area contributed by atoms with Gasteiger partial charge in [-0.25, -0.2) is 0 Å². The molecular formula is C14H8BrNO4. The molecule has 1 aliphatic rings. The van der Waals surface area contributed by atoms with E-state index in [9.17, 15) is 19.2 Å². The number of carbonyl (C=O) groups excluding carboxylic acids is 4. The van der Waals surface area contributed by atoms with Crippen LogP contribution in [0.1, 0.15) is 17.9 Å². The zero-order valence-electron chi connectivity index (χ0n) is 10.1. The van der Waals surface area contributed by atoms with E-state index < -0.39 is 35.5 Å². The molecule has 5 nitrogen and oxygen atoms in total. The third kappa shape index (κ3) is 1.84. The van der Waals surface area contributed by atoms with Crippen LogP contribution in [0.3, 0.4) is 0 Å². The van der Waals surface area contributed by atoms with Crippen molar-refractivity contribution < 1.29 is 19.2 Å². The van der Waals surface area contributed by atoms with Gasteiger partial charge in [0.1, 0.15) is 5.92 Å². The number of ketones is 4. The van der Waals surface area contributed by atoms with Crippen LogP contribution in [0.5, 0.6) is 0 Å². The van der Waals surface area contributed by atoms with Gasteiger partial charge in [-0.15, -0.1) is 0 Å². The second-order valence-electron chi connectivity index (χ2n) is 4.62. The van der Waals surface area contributed by atoms with Crippen molar-refractivity contribution in [2.24, 2.45) is 0 Å². The van der Waals surface area contributed by atoms with Gasteiger partial charge in [-0.2, -0.15) is 0 Å². The van der Waals surface area contributed by atoms with Crippen molar-refractivity contribution in [3.63, 3.8) is 0 Å². The molecule has 0 saturated heterocycles. The minimum atomic E-state index is -1.31. The molecule has 1 fully saturated rings. The Hall–Kier alpha value is -2.08. The monoisotopic (exact) mass is 333 g/mol. The number of aromatic nitrogens is 1. The lowest BCUT2D eigenvalue weighted by atomic mass is 9.80. The summed E-state index contributed by atoms with van der Waals surface area (Å²) in [6, 6.07) is 5.29. The third-order valence-electron chi connectivity index (χ3n) is 3.38. The van der Waals surface area contributed by atoms with E-state index in [1.807, 2.05) is 0 Å². The Bertz CT molecular complexity index is 764. The second-order valence-corrected chi connectivity index (χ2v) is 5.53. The number of Topliss-reactive ketones (excluding diaryl/α,β-unsaturated/α-hetero) is 4. The van der Waals surface area contributed by atoms with Crippen LogP contribution in [0.4, 0.5) is 0 Å². The molecule has 0 atom stereocenters. The van der Waals surface area contributed by atoms with Crippen molar-refractivity contribution >= 4 is 50.0 Å². The predicted octanol–water partition coefficient (Wildman–Crippen LogP) is 1.69. The zero-order valence-corrected chi connectivity index (χ0v) is 11.7. The minimum absolute atomic E-state index is 0.379. The van der Waals surface area contributed by atoms with E-state index in [-0.39, 0.29) is 0 Å². The van der Waals surface area contributed by atoms with Gasteiger partial charge in [0.15, 0.2) is 0 Å². The summed E-state index contributed by atoms with van der Waals surface area (Å²) < 4.78 is 0.840. The van der Waals surface area contributed by atoms with Gasteiger partial charge >= 0.3 is 0 Å². The number of nitrogens with one attached hydrogen (secondary N) is 1. The molecule has 1 N–H and O–H groups in total. The SMILES string of the molecule is O=C1CC(=O)C(=O)C(c2c[nH]c3cc(Br)ccc23)C1=O. The first-order valence-corrected chi connectivity index (χ1v) is 6.69. The Balaban J connectivity index is 2.18. The van der Waals surface area contributed by atoms with Gasteiger partial charge in [0.25, 0.3) is 0 Å². The van der Waals surface area contributed by atoms with Crippen molar-refractivity contribution in [3.05, 3.63) is 34.4 Å². The molecule has 0 spiro atoms. The quantitative estimate of drug-likeness (QED) is 0.635. The van der Waals surface area contributed by atoms with Crippen molar-refractivity contribution in [3.8, 4) is 0 Å². The lowest BCUT2D eigenvalue weighted by molar-refractivity contribution is -0.149. The standard InChI is InChI=1S/C14H8BrNO4/c15-6-1-2-7-8(5-16-9(7)3-6)12-13(19)10(17)4-11(18)14(12)20/h1-3,5,12,16H,4H2. The van der Waals surface area contributed by atoms with Crippen molar-refractivity contribution in [2.75, 3.05) is 0 Å². The first kappa shape index (κ1) is 12.9. The smallest absolute Gasteiger partial charge is 0.214 e. The molecule has 1 aliphatic carbocycles. The first-order chi connectivity index (χ1) is 9.49. The Labute approximate surface area is 121 Å². The van der Waals surface area contributed by atoms with Crippen molar-refractivity contribution in [2.45, 2.75) is 12.3 Å². The highest BCUT2D eigenvalue weighted by molar-refractivity contribution is 9.10. The molecule has 1 heterocycles. The van der Waals surface area contributed by atoms with E-state index in [0.717, 1.165) is 9.99 Å². The summed E-state index contributed by atoms with van der Waals surface area (Å²) >= 11 is 3.32. The van der Waals surface area contributed by atoms with Crippen LogP contribution in [-0.2, 0) is 19.2 Å². The average Bonchev–Trinajstić information content (AvgIpc) is 2.80. The van der Waals surface area contributed by atoms with Gasteiger partial charge in [-0.1, -0.05) is 22.0 Å². The van der Waals surface area contributed by atoms with E-state index in [2.05, 4.69) is 20.9 Å². The molecule has 1 aromatic carbocycles. The van der Waals surface area contributed by atoms with Crippen LogP contribution >= 0.6 is 15.9 Å². The molecule has 2 aromatic rings. The molecule has 1 saturated carbocycles. The van der Waals surface area contributed by atoms with Gasteiger partial charge < -0.3 is 4.98 Å². The Morgan fingerprint density at radius 2 is 1.70 bits per heavy atom. The summed E-state index contributed by atoms with van der Waals surface area (Å²) in [4.78, 5) is 49.8. The van der Waals surface area contributed by atoms with Gasteiger partial charge in [-0.3, -0.25) is 19.2 Å². The number of aromatic amines is 1. The molecule has 3 rings (SSSR count). The highest BCUT2D eigenvalue weighted by Crippen LogP contribution is 2.31. The Morgan fingerprint density at radius 3 is 2.35 bits per heavy atom. The molecule has 6 heteroatoms. The van der Waals surface area contributed by atoms with Crippen molar-refractivity contribution in [1.82, 2.24) is 4.98 Å². The average molecular weight is 334 g/mol. The number of H-pyrrole nitrogens is 1. The molecule has 0 aliphatic heterocycles. The maximum Gasteiger partial charge on any atom is 0.214 e. The summed E-state index contributed by atoms with van der Waals surface area (Å²) in [6.45, 7) is 0. The van der Waals surface area contributed by atoms with Crippen LogP contribution in [0.15, 0.2) is 28.9 Å². The fourth-order valence-corrected chi connectivity index (χ4v) is 2.76. The minimum Gasteiger partial charge on any atom is -0.361 e. The molecular weight excluding hydrogens is 326 g/mol. The van der Waals surface area contributed by atoms with Gasteiger partial charge in [-0.05, 0) is 17.7 Å². The number of fused-ring (bicyclic) bond motifs is 1. The highest BCUT2D eigenvalue weighted by atomic mass is 79.9. The number of benzene rings is 1. The molecule has 20 heavy (non-hydrogen) atoms. The maximum atomic E-state index is 11.9. The number of carbonyl (C=O) groups is 4. The van der Waals surface area contributed by atoms with Crippen LogP contribution in [-0.4, -0.2) is 28.1 Å². The van der Waals surface area contributed by atoms with Gasteiger partial charge in [0.2, 0.25) is 23.1 Å². The van der Waals surface area contributed by atoms with Crippen molar-refractivity contribution in [1.29, 1.82) is 0 Å². The number of hydrogen-bond donors (Lipinski definition) is 1. The second kappa shape index (κ2) is 4.49. The van der Waals surface area contributed by atoms with Gasteiger partial charge in [0, 0.05) is 21.6 Å². The largest absolute Gasteiger partial charge is 0.361 e. The van der Waals surface area contributed by atoms with Crippen LogP contribution in [0.25, 0.3) is 10.9 Å². The van der Waals surface area contributed by atoms with E-state index >= 15 is 0 Å². The predicted molar refractivity (Wildman–Crippen MR) is 73.4 cm³/mol. The molecule has 0 amide bonds. The number of rotatable bonds is 1. The summed E-state index contributed by atoms with van der Waals surface area (Å²) in [5.74, 6) is -4.52. The zero-order chi connectivity index (χ0) is 14.4. The topological polar surface area (TPSA) is 84.1 Å². The van der Waals surface area contributed by atoms with E-state index in [4.69, 9.17) is 0 Å². The van der Waals surface area contributed by atoms with Gasteiger partial charge in [0.05, 0.1) is 6.42 Å². The summed E-state index contributed by atoms with van der Waals surface area (Å²) in [7, 11) is 0. The third-order valence-corrected chi connectivity index (χ3v) is 3.88. The fraction of sp³-hybridized carbons (Fsp3) is 0.143. The molecule has 100 valence electrons. The summed E-state index contributed by atoms with van der Waals surface area (Å²) in [5, 5.41) is 0.655. The van der Waals surface area contributed by atoms with Crippen LogP contribution in [0.2, 0.25) is 0 Å². The maximum absolute atomic E-state index is 11.9. The number of hydrogen-bond acceptors (Lipinski definition) is 4. The molecule has 0 unspecified atom stereocenters. The summed E-state index contributed by atoms with van der Waals surface area (Å²) in [5.41, 5.74) is 1.10. The van der Waals surface area contributed by atoms with E-state index in [1.165, 1.54) is 6.20 Å². The highest BCUT2D eigenvalue weighted by Gasteiger charge is 2.43. The Kier molecular flexibility index (Phi) is 2.90. The lowest BCUT2D eigenvalue weighted by Crippen LogP contribution is -2.40. The molecule has 0 bridgehead atoms. The lowest BCUT2D eigenvalue weighted by Gasteiger charge is -2.16. The van der Waals surface area contributed by atoms with E-state index in [0.29, 0.717) is 10.9 Å². The summed E-state index contributed by atoms with van der Waals surface area (Å²) in [6.07, 6.45) is 0.894.